The van der Waals surface area contributed by atoms with Gasteiger partial charge in [0.2, 0.25) is 0 Å². The van der Waals surface area contributed by atoms with Gasteiger partial charge < -0.3 is 0 Å². The number of rotatable bonds is 4. The van der Waals surface area contributed by atoms with Crippen LogP contribution < -0.4 is 0 Å². The quantitative estimate of drug-likeness (QED) is 0.704. The summed E-state index contributed by atoms with van der Waals surface area (Å²) in [6, 6.07) is 0.330. The molecular formula is C8H15ClN4. The molecule has 1 heterocycles. The largest absolute Gasteiger partial charge is 0.225 e. The summed E-state index contributed by atoms with van der Waals surface area (Å²) in [6.45, 7) is 6.12. The summed E-state index contributed by atoms with van der Waals surface area (Å²) >= 11 is 5.93. The van der Waals surface area contributed by atoms with Gasteiger partial charge in [-0.25, -0.2) is 4.68 Å². The second-order valence-electron chi connectivity index (χ2n) is 3.24. The van der Waals surface area contributed by atoms with Crippen LogP contribution in [0.5, 0.6) is 0 Å². The molecule has 4 nitrogen and oxygen atoms in total. The Hall–Kier alpha value is -0.640. The zero-order valence-corrected chi connectivity index (χ0v) is 8.99. The highest BCUT2D eigenvalue weighted by atomic mass is 35.5. The summed E-state index contributed by atoms with van der Waals surface area (Å²) in [4.78, 5) is 0. The molecule has 74 valence electrons. The van der Waals surface area contributed by atoms with Crippen molar-refractivity contribution in [3.8, 4) is 0 Å². The van der Waals surface area contributed by atoms with Gasteiger partial charge in [0, 0.05) is 0 Å². The van der Waals surface area contributed by atoms with Crippen molar-refractivity contribution in [3.05, 3.63) is 5.82 Å². The molecule has 0 spiro atoms. The van der Waals surface area contributed by atoms with Crippen LogP contribution in [0.15, 0.2) is 0 Å². The maximum atomic E-state index is 5.93. The summed E-state index contributed by atoms with van der Waals surface area (Å²) in [7, 11) is 0. The Labute approximate surface area is 83.3 Å². The van der Waals surface area contributed by atoms with Crippen LogP contribution in [0, 0.1) is 0 Å². The SMILES string of the molecule is CCCC(C)n1nnnc1C(C)Cl. The second kappa shape index (κ2) is 4.56. The van der Waals surface area contributed by atoms with Crippen LogP contribution in [-0.2, 0) is 0 Å². The van der Waals surface area contributed by atoms with E-state index >= 15 is 0 Å². The summed E-state index contributed by atoms with van der Waals surface area (Å²) < 4.78 is 1.81. The first-order chi connectivity index (χ1) is 6.16. The maximum Gasteiger partial charge on any atom is 0.169 e. The van der Waals surface area contributed by atoms with Crippen LogP contribution in [0.1, 0.15) is 50.9 Å². The standard InChI is InChI=1S/C8H15ClN4/c1-4-5-6(2)13-8(7(3)9)10-11-12-13/h6-7H,4-5H2,1-3H3. The lowest BCUT2D eigenvalue weighted by molar-refractivity contribution is 0.429. The van der Waals surface area contributed by atoms with Crippen LogP contribution in [0.2, 0.25) is 0 Å². The molecule has 2 atom stereocenters. The number of hydrogen-bond acceptors (Lipinski definition) is 3. The summed E-state index contributed by atoms with van der Waals surface area (Å²) in [5.74, 6) is 0.752. The topological polar surface area (TPSA) is 43.6 Å². The minimum atomic E-state index is -0.130. The molecule has 5 heteroatoms. The molecule has 1 aromatic heterocycles. The van der Waals surface area contributed by atoms with E-state index in [9.17, 15) is 0 Å². The second-order valence-corrected chi connectivity index (χ2v) is 3.89. The van der Waals surface area contributed by atoms with Gasteiger partial charge in [-0.3, -0.25) is 0 Å². The van der Waals surface area contributed by atoms with E-state index in [1.807, 2.05) is 6.92 Å². The molecular weight excluding hydrogens is 188 g/mol. The van der Waals surface area contributed by atoms with Crippen molar-refractivity contribution in [1.29, 1.82) is 0 Å². The third-order valence-electron chi connectivity index (χ3n) is 2.00. The number of nitrogens with zero attached hydrogens (tertiary/aromatic N) is 4. The predicted octanol–water partition coefficient (Wildman–Crippen LogP) is 2.33. The monoisotopic (exact) mass is 202 g/mol. The fraction of sp³-hybridized carbons (Fsp3) is 0.875. The molecule has 1 aromatic rings. The molecule has 0 saturated heterocycles. The number of aromatic nitrogens is 4. The highest BCUT2D eigenvalue weighted by Gasteiger charge is 2.15. The van der Waals surface area contributed by atoms with E-state index < -0.39 is 0 Å². The van der Waals surface area contributed by atoms with Gasteiger partial charge in [0.15, 0.2) is 5.82 Å². The third-order valence-corrected chi connectivity index (χ3v) is 2.19. The average Bonchev–Trinajstić information content (AvgIpc) is 2.52. The Morgan fingerprint density at radius 1 is 1.46 bits per heavy atom. The van der Waals surface area contributed by atoms with Crippen molar-refractivity contribution in [2.45, 2.75) is 45.0 Å². The fourth-order valence-electron chi connectivity index (χ4n) is 1.32. The minimum absolute atomic E-state index is 0.130. The van der Waals surface area contributed by atoms with Gasteiger partial charge in [-0.2, -0.15) is 0 Å². The van der Waals surface area contributed by atoms with Crippen LogP contribution in [0.4, 0.5) is 0 Å². The molecule has 0 aromatic carbocycles. The van der Waals surface area contributed by atoms with Gasteiger partial charge >= 0.3 is 0 Å². The highest BCUT2D eigenvalue weighted by molar-refractivity contribution is 6.20. The van der Waals surface area contributed by atoms with Gasteiger partial charge in [-0.05, 0) is 30.7 Å². The van der Waals surface area contributed by atoms with Crippen molar-refractivity contribution < 1.29 is 0 Å². The minimum Gasteiger partial charge on any atom is -0.225 e. The molecule has 0 aliphatic carbocycles. The normalized spacial score (nSPS) is 15.7. The maximum absolute atomic E-state index is 5.93. The Bertz CT molecular complexity index is 258. The van der Waals surface area contributed by atoms with E-state index in [2.05, 4.69) is 29.4 Å². The molecule has 13 heavy (non-hydrogen) atoms. The highest BCUT2D eigenvalue weighted by Crippen LogP contribution is 2.20. The molecule has 0 bridgehead atoms. The Kier molecular flexibility index (Phi) is 3.66. The first kappa shape index (κ1) is 10.4. The van der Waals surface area contributed by atoms with Gasteiger partial charge in [-0.1, -0.05) is 13.3 Å². The zero-order chi connectivity index (χ0) is 9.84. The lowest BCUT2D eigenvalue weighted by Crippen LogP contribution is -2.11. The van der Waals surface area contributed by atoms with Crippen molar-refractivity contribution >= 4 is 11.6 Å². The Balaban J connectivity index is 2.80. The number of hydrogen-bond donors (Lipinski definition) is 0. The lowest BCUT2D eigenvalue weighted by Gasteiger charge is -2.12. The first-order valence-electron chi connectivity index (χ1n) is 4.58. The van der Waals surface area contributed by atoms with Crippen molar-refractivity contribution in [2.24, 2.45) is 0 Å². The molecule has 0 radical (unpaired) electrons. The summed E-state index contributed by atoms with van der Waals surface area (Å²) in [5, 5.41) is 11.3. The van der Waals surface area contributed by atoms with E-state index in [0.29, 0.717) is 6.04 Å². The van der Waals surface area contributed by atoms with Gasteiger partial charge in [0.05, 0.1) is 11.4 Å². The van der Waals surface area contributed by atoms with E-state index in [-0.39, 0.29) is 5.38 Å². The fourth-order valence-corrected chi connectivity index (χ4v) is 1.46. The molecule has 2 unspecified atom stereocenters. The molecule has 1 rings (SSSR count). The number of tetrazole rings is 1. The molecule has 0 amide bonds. The van der Waals surface area contributed by atoms with Crippen LogP contribution in [0.25, 0.3) is 0 Å². The van der Waals surface area contributed by atoms with E-state index in [1.54, 1.807) is 4.68 Å². The first-order valence-corrected chi connectivity index (χ1v) is 5.02. The van der Waals surface area contributed by atoms with Crippen molar-refractivity contribution in [3.63, 3.8) is 0 Å². The number of halogens is 1. The van der Waals surface area contributed by atoms with E-state index in [1.165, 1.54) is 0 Å². The third kappa shape index (κ3) is 2.40. The van der Waals surface area contributed by atoms with Crippen LogP contribution >= 0.6 is 11.6 Å². The summed E-state index contributed by atoms with van der Waals surface area (Å²) in [6.07, 6.45) is 2.19. The Morgan fingerprint density at radius 3 is 2.69 bits per heavy atom. The molecule has 0 N–H and O–H groups in total. The molecule has 0 aliphatic heterocycles. The smallest absolute Gasteiger partial charge is 0.169 e. The summed E-state index contributed by atoms with van der Waals surface area (Å²) in [5.41, 5.74) is 0. The number of alkyl halides is 1. The Morgan fingerprint density at radius 2 is 2.15 bits per heavy atom. The van der Waals surface area contributed by atoms with E-state index in [4.69, 9.17) is 11.6 Å². The van der Waals surface area contributed by atoms with Gasteiger partial charge in [0.25, 0.3) is 0 Å². The zero-order valence-electron chi connectivity index (χ0n) is 8.24. The average molecular weight is 203 g/mol. The molecule has 0 saturated carbocycles. The van der Waals surface area contributed by atoms with Crippen LogP contribution in [0.3, 0.4) is 0 Å². The molecule has 0 aliphatic rings. The predicted molar refractivity (Wildman–Crippen MR) is 51.7 cm³/mol. The van der Waals surface area contributed by atoms with Crippen molar-refractivity contribution in [1.82, 2.24) is 20.2 Å². The lowest BCUT2D eigenvalue weighted by atomic mass is 10.2. The van der Waals surface area contributed by atoms with Gasteiger partial charge in [0.1, 0.15) is 0 Å². The van der Waals surface area contributed by atoms with Gasteiger partial charge in [-0.15, -0.1) is 16.7 Å². The van der Waals surface area contributed by atoms with Crippen molar-refractivity contribution in [2.75, 3.05) is 0 Å². The van der Waals surface area contributed by atoms with E-state index in [0.717, 1.165) is 18.7 Å². The van der Waals surface area contributed by atoms with Crippen LogP contribution in [-0.4, -0.2) is 20.2 Å². The molecule has 0 fully saturated rings.